The van der Waals surface area contributed by atoms with E-state index in [0.29, 0.717) is 6.54 Å². The third kappa shape index (κ3) is 6.40. The molecule has 1 fully saturated rings. The number of nitrogens with one attached hydrogen (secondary N) is 2. The van der Waals surface area contributed by atoms with Crippen LogP contribution < -0.4 is 10.6 Å². The Balaban J connectivity index is 2.17. The summed E-state index contributed by atoms with van der Waals surface area (Å²) in [5, 5.41) is 22.5. The maximum atomic E-state index is 11.5. The summed E-state index contributed by atoms with van der Waals surface area (Å²) in [6, 6.07) is -1.54. The summed E-state index contributed by atoms with van der Waals surface area (Å²) in [7, 11) is 0. The summed E-state index contributed by atoms with van der Waals surface area (Å²) in [5.74, 6) is -1.14. The summed E-state index contributed by atoms with van der Waals surface area (Å²) in [6.45, 7) is 3.13. The van der Waals surface area contributed by atoms with Gasteiger partial charge in [-0.25, -0.2) is 9.59 Å². The number of amides is 2. The van der Waals surface area contributed by atoms with E-state index in [-0.39, 0.29) is 13.0 Å². The lowest BCUT2D eigenvalue weighted by molar-refractivity contribution is -0.139. The molecule has 0 aliphatic carbocycles. The minimum Gasteiger partial charge on any atom is -0.480 e. The van der Waals surface area contributed by atoms with Crippen molar-refractivity contribution in [2.75, 3.05) is 32.8 Å². The average molecular weight is 273 g/mol. The monoisotopic (exact) mass is 273 g/mol. The van der Waals surface area contributed by atoms with E-state index in [1.54, 1.807) is 0 Å². The Bertz CT molecular complexity index is 293. The van der Waals surface area contributed by atoms with Gasteiger partial charge in [0, 0.05) is 26.1 Å². The molecular weight excluding hydrogens is 250 g/mol. The largest absolute Gasteiger partial charge is 0.480 e. The molecule has 0 radical (unpaired) electrons. The number of aliphatic hydroxyl groups is 1. The minimum absolute atomic E-state index is 0.00881. The highest BCUT2D eigenvalue weighted by Crippen LogP contribution is 2.07. The molecule has 0 aromatic carbocycles. The number of aliphatic carboxylic acids is 1. The molecule has 1 saturated heterocycles. The van der Waals surface area contributed by atoms with Gasteiger partial charge in [-0.05, 0) is 25.9 Å². The molecule has 1 heterocycles. The zero-order chi connectivity index (χ0) is 14.1. The second-order valence-corrected chi connectivity index (χ2v) is 4.71. The number of piperidine rings is 1. The van der Waals surface area contributed by atoms with Gasteiger partial charge in [0.25, 0.3) is 0 Å². The van der Waals surface area contributed by atoms with Crippen LogP contribution in [0, 0.1) is 0 Å². The minimum atomic E-state index is -1.14. The predicted octanol–water partition coefficient (Wildman–Crippen LogP) is -0.393. The Hall–Kier alpha value is -1.34. The third-order valence-electron chi connectivity index (χ3n) is 3.18. The zero-order valence-corrected chi connectivity index (χ0v) is 11.1. The van der Waals surface area contributed by atoms with Gasteiger partial charge in [-0.1, -0.05) is 6.42 Å². The van der Waals surface area contributed by atoms with E-state index >= 15 is 0 Å². The summed E-state index contributed by atoms with van der Waals surface area (Å²) >= 11 is 0. The lowest BCUT2D eigenvalue weighted by Crippen LogP contribution is -2.48. The van der Waals surface area contributed by atoms with Crippen LogP contribution in [0.25, 0.3) is 0 Å². The Morgan fingerprint density at radius 3 is 2.47 bits per heavy atom. The van der Waals surface area contributed by atoms with E-state index < -0.39 is 18.0 Å². The van der Waals surface area contributed by atoms with Crippen molar-refractivity contribution in [2.45, 2.75) is 31.7 Å². The predicted molar refractivity (Wildman–Crippen MR) is 70.0 cm³/mol. The first-order valence-electron chi connectivity index (χ1n) is 6.74. The Kier molecular flexibility index (Phi) is 7.20. The normalized spacial score (nSPS) is 17.7. The van der Waals surface area contributed by atoms with E-state index in [9.17, 15) is 9.59 Å². The molecule has 0 bridgehead atoms. The second-order valence-electron chi connectivity index (χ2n) is 4.71. The molecule has 4 N–H and O–H groups in total. The summed E-state index contributed by atoms with van der Waals surface area (Å²) in [5.41, 5.74) is 0. The van der Waals surface area contributed by atoms with Crippen molar-refractivity contribution in [3.05, 3.63) is 0 Å². The van der Waals surface area contributed by atoms with Crippen LogP contribution in [0.15, 0.2) is 0 Å². The van der Waals surface area contributed by atoms with Crippen LogP contribution in [0.4, 0.5) is 4.79 Å². The van der Waals surface area contributed by atoms with Crippen molar-refractivity contribution in [3.63, 3.8) is 0 Å². The highest BCUT2D eigenvalue weighted by molar-refractivity contribution is 5.82. The summed E-state index contributed by atoms with van der Waals surface area (Å²) in [4.78, 5) is 24.6. The number of hydrogen-bond donors (Lipinski definition) is 4. The van der Waals surface area contributed by atoms with Gasteiger partial charge in [0.15, 0.2) is 0 Å². The first-order chi connectivity index (χ1) is 9.13. The number of carboxylic acids is 1. The topological polar surface area (TPSA) is 102 Å². The fraction of sp³-hybridized carbons (Fsp3) is 0.833. The van der Waals surface area contributed by atoms with Crippen LogP contribution in [-0.2, 0) is 4.79 Å². The maximum absolute atomic E-state index is 11.5. The number of carboxylic acid groups (broad SMARTS) is 1. The zero-order valence-electron chi connectivity index (χ0n) is 11.1. The van der Waals surface area contributed by atoms with Gasteiger partial charge >= 0.3 is 12.0 Å². The van der Waals surface area contributed by atoms with E-state index in [1.165, 1.54) is 19.3 Å². The molecule has 1 atom stereocenters. The fourth-order valence-electron chi connectivity index (χ4n) is 2.11. The van der Waals surface area contributed by atoms with Crippen molar-refractivity contribution in [2.24, 2.45) is 0 Å². The number of hydrogen-bond acceptors (Lipinski definition) is 4. The van der Waals surface area contributed by atoms with Crippen molar-refractivity contribution in [1.29, 1.82) is 0 Å². The van der Waals surface area contributed by atoms with Gasteiger partial charge in [-0.3, -0.25) is 0 Å². The first kappa shape index (κ1) is 15.7. The standard InChI is InChI=1S/C12H23N3O4/c16-9-4-10(11(17)18)14-12(19)13-5-8-15-6-2-1-3-7-15/h10,16H,1-9H2,(H,17,18)(H2,13,14,19)/t10-/m1/s1. The highest BCUT2D eigenvalue weighted by atomic mass is 16.4. The Morgan fingerprint density at radius 1 is 1.21 bits per heavy atom. The molecule has 1 aliphatic heterocycles. The number of urea groups is 1. The molecule has 19 heavy (non-hydrogen) atoms. The van der Waals surface area contributed by atoms with Gasteiger partial charge in [0.1, 0.15) is 6.04 Å². The van der Waals surface area contributed by atoms with Gasteiger partial charge in [-0.15, -0.1) is 0 Å². The Labute approximate surface area is 113 Å². The van der Waals surface area contributed by atoms with Gasteiger partial charge < -0.3 is 25.7 Å². The maximum Gasteiger partial charge on any atom is 0.326 e. The molecule has 0 saturated carbocycles. The number of likely N-dealkylation sites (tertiary alicyclic amines) is 1. The molecule has 7 heteroatoms. The molecule has 0 aromatic heterocycles. The average Bonchev–Trinajstić information content (AvgIpc) is 2.39. The van der Waals surface area contributed by atoms with Crippen LogP contribution in [0.1, 0.15) is 25.7 Å². The molecule has 2 amide bonds. The number of carbonyl (C=O) groups is 2. The summed E-state index contributed by atoms with van der Waals surface area (Å²) < 4.78 is 0. The number of aliphatic hydroxyl groups excluding tert-OH is 1. The van der Waals surface area contributed by atoms with E-state index in [1.807, 2.05) is 0 Å². The van der Waals surface area contributed by atoms with Crippen LogP contribution in [0.2, 0.25) is 0 Å². The number of rotatable bonds is 7. The molecule has 0 spiro atoms. The van der Waals surface area contributed by atoms with Crippen molar-refractivity contribution in [3.8, 4) is 0 Å². The van der Waals surface area contributed by atoms with E-state index in [2.05, 4.69) is 15.5 Å². The number of carbonyl (C=O) groups excluding carboxylic acids is 1. The second kappa shape index (κ2) is 8.71. The van der Waals surface area contributed by atoms with Crippen LogP contribution >= 0.6 is 0 Å². The molecule has 1 rings (SSSR count). The van der Waals surface area contributed by atoms with Gasteiger partial charge in [-0.2, -0.15) is 0 Å². The van der Waals surface area contributed by atoms with Gasteiger partial charge in [0.05, 0.1) is 0 Å². The van der Waals surface area contributed by atoms with Crippen LogP contribution in [-0.4, -0.2) is 65.9 Å². The van der Waals surface area contributed by atoms with Crippen LogP contribution in [0.3, 0.4) is 0 Å². The number of nitrogens with zero attached hydrogens (tertiary/aromatic N) is 1. The first-order valence-corrected chi connectivity index (χ1v) is 6.74. The quantitative estimate of drug-likeness (QED) is 0.506. The molecule has 0 aromatic rings. The molecular formula is C12H23N3O4. The molecule has 1 aliphatic rings. The van der Waals surface area contributed by atoms with Crippen molar-refractivity contribution >= 4 is 12.0 Å². The van der Waals surface area contributed by atoms with Crippen LogP contribution in [0.5, 0.6) is 0 Å². The molecule has 0 unspecified atom stereocenters. The van der Waals surface area contributed by atoms with E-state index in [0.717, 1.165) is 19.6 Å². The molecule has 7 nitrogen and oxygen atoms in total. The smallest absolute Gasteiger partial charge is 0.326 e. The Morgan fingerprint density at radius 2 is 1.89 bits per heavy atom. The fourth-order valence-corrected chi connectivity index (χ4v) is 2.11. The lowest BCUT2D eigenvalue weighted by Gasteiger charge is -2.26. The van der Waals surface area contributed by atoms with Crippen molar-refractivity contribution in [1.82, 2.24) is 15.5 Å². The third-order valence-corrected chi connectivity index (χ3v) is 3.18. The van der Waals surface area contributed by atoms with Gasteiger partial charge in [0.2, 0.25) is 0 Å². The lowest BCUT2D eigenvalue weighted by atomic mass is 10.1. The molecule has 110 valence electrons. The SMILES string of the molecule is O=C(NCCN1CCCCC1)N[C@H](CCO)C(=O)O. The highest BCUT2D eigenvalue weighted by Gasteiger charge is 2.19. The van der Waals surface area contributed by atoms with E-state index in [4.69, 9.17) is 10.2 Å². The summed E-state index contributed by atoms with van der Waals surface area (Å²) in [6.07, 6.45) is 3.67. The van der Waals surface area contributed by atoms with Crippen molar-refractivity contribution < 1.29 is 19.8 Å².